The van der Waals surface area contributed by atoms with Crippen LogP contribution in [0.15, 0.2) is 36.5 Å². The second kappa shape index (κ2) is 6.21. The minimum atomic E-state index is -0.207. The van der Waals surface area contributed by atoms with E-state index in [1.807, 2.05) is 0 Å². The number of ether oxygens (including phenoxy) is 1. The predicted molar refractivity (Wildman–Crippen MR) is 82.9 cm³/mol. The first-order chi connectivity index (χ1) is 9.10. The smallest absolute Gasteiger partial charge is 0.255 e. The van der Waals surface area contributed by atoms with Crippen LogP contribution in [0.4, 0.5) is 5.69 Å². The first-order valence-electron chi connectivity index (χ1n) is 5.36. The Morgan fingerprint density at radius 3 is 2.74 bits per heavy atom. The number of amides is 1. The summed E-state index contributed by atoms with van der Waals surface area (Å²) in [5.74, 6) is 0.292. The van der Waals surface area contributed by atoms with Crippen molar-refractivity contribution in [1.82, 2.24) is 4.98 Å². The van der Waals surface area contributed by atoms with Gasteiger partial charge in [-0.3, -0.25) is 4.79 Å². The number of carbonyl (C=O) groups excluding carboxylic acids is 1. The zero-order valence-electron chi connectivity index (χ0n) is 9.98. The molecule has 0 aliphatic rings. The van der Waals surface area contributed by atoms with E-state index in [2.05, 4.69) is 32.9 Å². The summed E-state index contributed by atoms with van der Waals surface area (Å²) in [6.07, 6.45) is 1.54. The van der Waals surface area contributed by atoms with Gasteiger partial charge in [0, 0.05) is 15.2 Å². The van der Waals surface area contributed by atoms with Crippen LogP contribution < -0.4 is 10.1 Å². The van der Waals surface area contributed by atoms with Crippen LogP contribution in [0.1, 0.15) is 10.4 Å². The third kappa shape index (κ3) is 3.57. The van der Waals surface area contributed by atoms with Crippen molar-refractivity contribution >= 4 is 45.8 Å². The maximum Gasteiger partial charge on any atom is 0.255 e. The Balaban J connectivity index is 2.13. The summed E-state index contributed by atoms with van der Waals surface area (Å²) in [7, 11) is 1.54. The molecule has 19 heavy (non-hydrogen) atoms. The average molecular weight is 389 g/mol. The molecule has 1 aromatic heterocycles. The normalized spacial score (nSPS) is 10.1. The topological polar surface area (TPSA) is 51.2 Å². The van der Waals surface area contributed by atoms with Gasteiger partial charge in [-0.15, -0.1) is 0 Å². The highest BCUT2D eigenvalue weighted by Gasteiger charge is 2.08. The van der Waals surface area contributed by atoms with Gasteiger partial charge in [-0.1, -0.05) is 11.6 Å². The second-order valence-electron chi connectivity index (χ2n) is 3.67. The highest BCUT2D eigenvalue weighted by Crippen LogP contribution is 2.20. The summed E-state index contributed by atoms with van der Waals surface area (Å²) in [6, 6.07) is 8.52. The van der Waals surface area contributed by atoms with Gasteiger partial charge < -0.3 is 10.1 Å². The van der Waals surface area contributed by atoms with Gasteiger partial charge in [0.15, 0.2) is 0 Å². The van der Waals surface area contributed by atoms with E-state index < -0.39 is 0 Å². The van der Waals surface area contributed by atoms with Crippen LogP contribution >= 0.6 is 34.2 Å². The quantitative estimate of drug-likeness (QED) is 0.818. The third-order valence-corrected chi connectivity index (χ3v) is 3.93. The highest BCUT2D eigenvalue weighted by atomic mass is 127. The Kier molecular flexibility index (Phi) is 4.60. The average Bonchev–Trinajstić information content (AvgIpc) is 2.42. The van der Waals surface area contributed by atoms with E-state index >= 15 is 0 Å². The van der Waals surface area contributed by atoms with Crippen LogP contribution in [0.5, 0.6) is 5.88 Å². The molecule has 2 rings (SSSR count). The molecule has 0 radical (unpaired) electrons. The lowest BCUT2D eigenvalue weighted by atomic mass is 10.2. The van der Waals surface area contributed by atoms with Gasteiger partial charge in [0.05, 0.1) is 24.0 Å². The zero-order chi connectivity index (χ0) is 13.8. The minimum Gasteiger partial charge on any atom is -0.481 e. The molecular weight excluding hydrogens is 379 g/mol. The fourth-order valence-electron chi connectivity index (χ4n) is 1.42. The lowest BCUT2D eigenvalue weighted by Crippen LogP contribution is -2.12. The Morgan fingerprint density at radius 1 is 1.37 bits per heavy atom. The molecule has 0 saturated heterocycles. The van der Waals surface area contributed by atoms with Crippen LogP contribution in [0, 0.1) is 3.57 Å². The summed E-state index contributed by atoms with van der Waals surface area (Å²) in [5, 5.41) is 3.38. The molecule has 0 saturated carbocycles. The highest BCUT2D eigenvalue weighted by molar-refractivity contribution is 14.1. The first-order valence-corrected chi connectivity index (χ1v) is 6.82. The Labute approximate surface area is 129 Å². The Bertz CT molecular complexity index is 602. The van der Waals surface area contributed by atoms with Crippen molar-refractivity contribution < 1.29 is 9.53 Å². The summed E-state index contributed by atoms with van der Waals surface area (Å²) in [4.78, 5) is 16.0. The van der Waals surface area contributed by atoms with Crippen molar-refractivity contribution in [3.8, 4) is 5.88 Å². The minimum absolute atomic E-state index is 0.207. The maximum absolute atomic E-state index is 12.0. The van der Waals surface area contributed by atoms with Gasteiger partial charge in [0.25, 0.3) is 5.91 Å². The molecule has 1 amide bonds. The van der Waals surface area contributed by atoms with Gasteiger partial charge in [-0.2, -0.15) is 0 Å². The van der Waals surface area contributed by atoms with Crippen molar-refractivity contribution in [1.29, 1.82) is 0 Å². The number of rotatable bonds is 3. The number of nitrogens with zero attached hydrogens (tertiary/aromatic N) is 1. The molecule has 1 N–H and O–H groups in total. The van der Waals surface area contributed by atoms with Crippen LogP contribution in [0.3, 0.4) is 0 Å². The predicted octanol–water partition coefficient (Wildman–Crippen LogP) is 3.60. The lowest BCUT2D eigenvalue weighted by Gasteiger charge is -2.06. The molecule has 0 bridgehead atoms. The van der Waals surface area contributed by atoms with E-state index in [1.165, 1.54) is 13.3 Å². The van der Waals surface area contributed by atoms with E-state index in [-0.39, 0.29) is 5.91 Å². The van der Waals surface area contributed by atoms with E-state index in [4.69, 9.17) is 16.3 Å². The van der Waals surface area contributed by atoms with E-state index in [9.17, 15) is 4.79 Å². The van der Waals surface area contributed by atoms with E-state index in [1.54, 1.807) is 30.3 Å². The molecule has 0 unspecified atom stereocenters. The van der Waals surface area contributed by atoms with Crippen molar-refractivity contribution in [2.24, 2.45) is 0 Å². The first kappa shape index (κ1) is 14.1. The van der Waals surface area contributed by atoms with Crippen LogP contribution in [0.2, 0.25) is 5.02 Å². The summed E-state index contributed by atoms with van der Waals surface area (Å²) in [5.41, 5.74) is 1.15. The molecule has 2 aromatic rings. The van der Waals surface area contributed by atoms with Crippen molar-refractivity contribution in [2.75, 3.05) is 12.4 Å². The molecule has 1 heterocycles. The fraction of sp³-hybridized carbons (Fsp3) is 0.0769. The van der Waals surface area contributed by atoms with Gasteiger partial charge in [-0.05, 0) is 46.9 Å². The van der Waals surface area contributed by atoms with Crippen molar-refractivity contribution in [3.05, 3.63) is 50.7 Å². The fourth-order valence-corrected chi connectivity index (χ4v) is 2.05. The molecule has 0 atom stereocenters. The number of carbonyl (C=O) groups is 1. The number of hydrogen-bond donors (Lipinski definition) is 1. The molecule has 0 aliphatic carbocycles. The molecule has 0 aliphatic heterocycles. The van der Waals surface area contributed by atoms with Crippen molar-refractivity contribution in [2.45, 2.75) is 0 Å². The standard InChI is InChI=1S/C13H10ClIN2O2/c1-19-12-5-3-9(7-16-12)17-13(18)8-2-4-10(14)11(15)6-8/h2-7H,1H3,(H,17,18). The molecule has 0 fully saturated rings. The number of aromatic nitrogens is 1. The van der Waals surface area contributed by atoms with E-state index in [0.29, 0.717) is 22.2 Å². The number of methoxy groups -OCH3 is 1. The Morgan fingerprint density at radius 2 is 2.16 bits per heavy atom. The Hall–Kier alpha value is -1.34. The van der Waals surface area contributed by atoms with Crippen LogP contribution in [0.25, 0.3) is 0 Å². The number of benzene rings is 1. The molecule has 6 heteroatoms. The number of anilines is 1. The molecule has 0 spiro atoms. The molecular formula is C13H10ClIN2O2. The van der Waals surface area contributed by atoms with Crippen LogP contribution in [-0.4, -0.2) is 18.0 Å². The number of pyridine rings is 1. The maximum atomic E-state index is 12.0. The van der Waals surface area contributed by atoms with Gasteiger partial charge in [-0.25, -0.2) is 4.98 Å². The van der Waals surface area contributed by atoms with Gasteiger partial charge >= 0.3 is 0 Å². The van der Waals surface area contributed by atoms with Gasteiger partial charge in [0.1, 0.15) is 0 Å². The zero-order valence-corrected chi connectivity index (χ0v) is 12.9. The number of hydrogen-bond acceptors (Lipinski definition) is 3. The SMILES string of the molecule is COc1ccc(NC(=O)c2ccc(Cl)c(I)c2)cn1. The third-order valence-electron chi connectivity index (χ3n) is 2.39. The van der Waals surface area contributed by atoms with Crippen molar-refractivity contribution in [3.63, 3.8) is 0 Å². The summed E-state index contributed by atoms with van der Waals surface area (Å²) >= 11 is 8.00. The molecule has 1 aromatic carbocycles. The molecule has 4 nitrogen and oxygen atoms in total. The summed E-state index contributed by atoms with van der Waals surface area (Å²) < 4.78 is 5.78. The lowest BCUT2D eigenvalue weighted by molar-refractivity contribution is 0.102. The number of halogens is 2. The van der Waals surface area contributed by atoms with Crippen LogP contribution in [-0.2, 0) is 0 Å². The molecule has 98 valence electrons. The number of nitrogens with one attached hydrogen (secondary N) is 1. The monoisotopic (exact) mass is 388 g/mol. The second-order valence-corrected chi connectivity index (χ2v) is 5.24. The van der Waals surface area contributed by atoms with Gasteiger partial charge in [0.2, 0.25) is 5.88 Å². The van der Waals surface area contributed by atoms with E-state index in [0.717, 1.165) is 3.57 Å². The summed E-state index contributed by atoms with van der Waals surface area (Å²) in [6.45, 7) is 0. The largest absolute Gasteiger partial charge is 0.481 e.